The fourth-order valence-electron chi connectivity index (χ4n) is 0.942. The number of benzene rings is 1. The van der Waals surface area contributed by atoms with Crippen LogP contribution in [0.3, 0.4) is 0 Å². The summed E-state index contributed by atoms with van der Waals surface area (Å²) in [6.45, 7) is 0. The first kappa shape index (κ1) is 11.7. The maximum absolute atomic E-state index is 10.9. The number of carbonyl (C=O) groups is 1. The first-order valence-electron chi connectivity index (χ1n) is 4.24. The zero-order valence-corrected chi connectivity index (χ0v) is 9.34. The van der Waals surface area contributed by atoms with E-state index in [0.717, 1.165) is 0 Å². The van der Waals surface area contributed by atoms with Crippen molar-refractivity contribution in [2.45, 2.75) is 4.90 Å². The molecule has 0 radical (unpaired) electrons. The van der Waals surface area contributed by atoms with Gasteiger partial charge in [-0.1, -0.05) is 0 Å². The zero-order valence-electron chi connectivity index (χ0n) is 8.52. The van der Waals surface area contributed by atoms with Crippen molar-refractivity contribution in [1.82, 2.24) is 0 Å². The molecule has 1 rings (SSSR count). The first-order valence-corrected chi connectivity index (χ1v) is 5.22. The third-order valence-corrected chi connectivity index (χ3v) is 2.78. The molecule has 0 unspecified atom stereocenters. The Bertz CT molecular complexity index is 351. The molecule has 0 aliphatic rings. The van der Waals surface area contributed by atoms with Gasteiger partial charge in [-0.05, 0) is 12.1 Å². The molecule has 0 bridgehead atoms. The van der Waals surface area contributed by atoms with Crippen LogP contribution in [-0.4, -0.2) is 31.0 Å². The van der Waals surface area contributed by atoms with Crippen molar-refractivity contribution >= 4 is 17.7 Å². The van der Waals surface area contributed by atoms with E-state index in [-0.39, 0.29) is 17.5 Å². The van der Waals surface area contributed by atoms with Crippen LogP contribution < -0.4 is 4.74 Å². The van der Waals surface area contributed by atoms with E-state index >= 15 is 0 Å². The van der Waals surface area contributed by atoms with Crippen molar-refractivity contribution in [2.24, 2.45) is 0 Å². The summed E-state index contributed by atoms with van der Waals surface area (Å²) in [5, 5.41) is 9.56. The minimum absolute atomic E-state index is 0.100. The molecule has 4 nitrogen and oxygen atoms in total. The number of thioether (sulfide) groups is 1. The molecule has 1 aromatic rings. The maximum Gasteiger partial charge on any atom is 0.315 e. The highest BCUT2D eigenvalue weighted by atomic mass is 32.2. The topological polar surface area (TPSA) is 55.8 Å². The predicted molar refractivity (Wildman–Crippen MR) is 57.4 cm³/mol. The van der Waals surface area contributed by atoms with Gasteiger partial charge in [-0.3, -0.25) is 4.79 Å². The summed E-state index contributed by atoms with van der Waals surface area (Å²) in [6, 6.07) is 4.92. The summed E-state index contributed by atoms with van der Waals surface area (Å²) in [5.41, 5.74) is 0. The third-order valence-electron chi connectivity index (χ3n) is 1.74. The zero-order chi connectivity index (χ0) is 11.3. The van der Waals surface area contributed by atoms with Crippen LogP contribution in [0.4, 0.5) is 0 Å². The largest absolute Gasteiger partial charge is 0.507 e. The number of hydrogen-bond donors (Lipinski definition) is 1. The van der Waals surface area contributed by atoms with E-state index in [0.29, 0.717) is 10.6 Å². The van der Waals surface area contributed by atoms with Crippen LogP contribution in [0.5, 0.6) is 11.5 Å². The van der Waals surface area contributed by atoms with Gasteiger partial charge in [0.1, 0.15) is 11.5 Å². The Hall–Kier alpha value is -1.36. The predicted octanol–water partition coefficient (Wildman–Crippen LogP) is 1.67. The molecule has 0 aliphatic carbocycles. The van der Waals surface area contributed by atoms with Crippen LogP contribution in [0, 0.1) is 0 Å². The van der Waals surface area contributed by atoms with E-state index in [1.807, 2.05) is 0 Å². The van der Waals surface area contributed by atoms with Gasteiger partial charge in [0.15, 0.2) is 0 Å². The number of methoxy groups -OCH3 is 2. The Kier molecular flexibility index (Phi) is 4.30. The van der Waals surface area contributed by atoms with E-state index in [9.17, 15) is 9.90 Å². The summed E-state index contributed by atoms with van der Waals surface area (Å²) in [4.78, 5) is 11.5. The quantitative estimate of drug-likeness (QED) is 0.627. The van der Waals surface area contributed by atoms with Gasteiger partial charge in [0, 0.05) is 11.0 Å². The molecule has 0 saturated heterocycles. The van der Waals surface area contributed by atoms with Gasteiger partial charge in [-0.25, -0.2) is 0 Å². The van der Waals surface area contributed by atoms with E-state index in [2.05, 4.69) is 4.74 Å². The molecule has 0 amide bonds. The number of rotatable bonds is 4. The monoisotopic (exact) mass is 228 g/mol. The van der Waals surface area contributed by atoms with E-state index in [4.69, 9.17) is 4.74 Å². The van der Waals surface area contributed by atoms with Gasteiger partial charge in [0.05, 0.1) is 20.0 Å². The summed E-state index contributed by atoms with van der Waals surface area (Å²) in [5.74, 6) is 0.532. The second-order valence-electron chi connectivity index (χ2n) is 2.70. The van der Waals surface area contributed by atoms with Gasteiger partial charge < -0.3 is 14.6 Å². The molecule has 0 saturated carbocycles. The summed E-state index contributed by atoms with van der Waals surface area (Å²) >= 11 is 1.22. The summed E-state index contributed by atoms with van der Waals surface area (Å²) in [6.07, 6.45) is 0. The Labute approximate surface area is 92.2 Å². The molecular formula is C10H12O4S. The third kappa shape index (κ3) is 3.36. The van der Waals surface area contributed by atoms with Crippen molar-refractivity contribution in [1.29, 1.82) is 0 Å². The van der Waals surface area contributed by atoms with Crippen LogP contribution in [0.2, 0.25) is 0 Å². The molecule has 1 aromatic carbocycles. The number of hydrogen-bond acceptors (Lipinski definition) is 5. The highest BCUT2D eigenvalue weighted by molar-refractivity contribution is 8.00. The molecule has 0 aliphatic heterocycles. The fraction of sp³-hybridized carbons (Fsp3) is 0.300. The number of esters is 1. The van der Waals surface area contributed by atoms with Gasteiger partial charge in [0.25, 0.3) is 0 Å². The molecular weight excluding hydrogens is 216 g/mol. The molecule has 1 N–H and O–H groups in total. The molecule has 0 fully saturated rings. The molecule has 0 spiro atoms. The van der Waals surface area contributed by atoms with Crippen molar-refractivity contribution in [2.75, 3.05) is 20.0 Å². The Morgan fingerprint density at radius 2 is 2.20 bits per heavy atom. The fourth-order valence-corrected chi connectivity index (χ4v) is 1.70. The van der Waals surface area contributed by atoms with Gasteiger partial charge in [0.2, 0.25) is 0 Å². The Morgan fingerprint density at radius 1 is 1.47 bits per heavy atom. The van der Waals surface area contributed by atoms with E-state index in [1.165, 1.54) is 32.0 Å². The van der Waals surface area contributed by atoms with Crippen LogP contribution in [0.1, 0.15) is 0 Å². The molecule has 5 heteroatoms. The lowest BCUT2D eigenvalue weighted by atomic mass is 10.3. The summed E-state index contributed by atoms with van der Waals surface area (Å²) < 4.78 is 9.43. The highest BCUT2D eigenvalue weighted by Crippen LogP contribution is 2.31. The lowest BCUT2D eigenvalue weighted by molar-refractivity contribution is -0.137. The van der Waals surface area contributed by atoms with E-state index in [1.54, 1.807) is 12.1 Å². The number of ether oxygens (including phenoxy) is 2. The molecule has 0 heterocycles. The van der Waals surface area contributed by atoms with Gasteiger partial charge in [-0.15, -0.1) is 11.8 Å². The lowest BCUT2D eigenvalue weighted by Gasteiger charge is -2.05. The molecule has 0 aromatic heterocycles. The van der Waals surface area contributed by atoms with Crippen LogP contribution >= 0.6 is 11.8 Å². The molecule has 82 valence electrons. The SMILES string of the molecule is COC(=O)CSc1ccc(OC)cc1O. The average Bonchev–Trinajstić information content (AvgIpc) is 2.26. The van der Waals surface area contributed by atoms with Crippen molar-refractivity contribution in [3.63, 3.8) is 0 Å². The number of phenols is 1. The van der Waals surface area contributed by atoms with Crippen LogP contribution in [0.15, 0.2) is 23.1 Å². The highest BCUT2D eigenvalue weighted by Gasteiger charge is 2.06. The Morgan fingerprint density at radius 3 is 2.73 bits per heavy atom. The standard InChI is InChI=1S/C10H12O4S/c1-13-7-3-4-9(8(11)5-7)15-6-10(12)14-2/h3-5,11H,6H2,1-2H3. The van der Waals surface area contributed by atoms with Crippen molar-refractivity contribution in [3.05, 3.63) is 18.2 Å². The van der Waals surface area contributed by atoms with Crippen LogP contribution in [0.25, 0.3) is 0 Å². The van der Waals surface area contributed by atoms with Gasteiger partial charge >= 0.3 is 5.97 Å². The lowest BCUT2D eigenvalue weighted by Crippen LogP contribution is -2.02. The minimum Gasteiger partial charge on any atom is -0.507 e. The van der Waals surface area contributed by atoms with Gasteiger partial charge in [-0.2, -0.15) is 0 Å². The molecule has 15 heavy (non-hydrogen) atoms. The number of carbonyl (C=O) groups excluding carboxylic acids is 1. The maximum atomic E-state index is 10.9. The summed E-state index contributed by atoms with van der Waals surface area (Å²) in [7, 11) is 2.85. The molecule has 0 atom stereocenters. The first-order chi connectivity index (χ1) is 7.17. The number of aromatic hydroxyl groups is 1. The van der Waals surface area contributed by atoms with Crippen molar-refractivity contribution < 1.29 is 19.4 Å². The van der Waals surface area contributed by atoms with E-state index < -0.39 is 0 Å². The van der Waals surface area contributed by atoms with Crippen LogP contribution in [-0.2, 0) is 9.53 Å². The van der Waals surface area contributed by atoms with Crippen molar-refractivity contribution in [3.8, 4) is 11.5 Å². The second-order valence-corrected chi connectivity index (χ2v) is 3.72. The average molecular weight is 228 g/mol. The second kappa shape index (κ2) is 5.50. The smallest absolute Gasteiger partial charge is 0.315 e. The minimum atomic E-state index is -0.324. The normalized spacial score (nSPS) is 9.73. The number of phenolic OH excluding ortho intramolecular Hbond substituents is 1. The Balaban J connectivity index is 2.66.